The van der Waals surface area contributed by atoms with Gasteiger partial charge in [-0.2, -0.15) is 0 Å². The number of halogens is 1. The average Bonchev–Trinajstić information content (AvgIpc) is 2.37. The van der Waals surface area contributed by atoms with Gasteiger partial charge in [0.1, 0.15) is 12.4 Å². The molecule has 2 heteroatoms. The van der Waals surface area contributed by atoms with Crippen LogP contribution in [0.15, 0.2) is 55.1 Å². The predicted molar refractivity (Wildman–Crippen MR) is 72.3 cm³/mol. The maximum Gasteiger partial charge on any atom is 0.127 e. The first-order chi connectivity index (χ1) is 8.29. The van der Waals surface area contributed by atoms with Gasteiger partial charge in [-0.15, -0.1) is 0 Å². The van der Waals surface area contributed by atoms with Crippen molar-refractivity contribution in [2.75, 3.05) is 0 Å². The van der Waals surface area contributed by atoms with Gasteiger partial charge >= 0.3 is 0 Å². The summed E-state index contributed by atoms with van der Waals surface area (Å²) in [4.78, 5) is 0. The molecule has 0 spiro atoms. The van der Waals surface area contributed by atoms with Gasteiger partial charge in [0.25, 0.3) is 0 Å². The Morgan fingerprint density at radius 1 is 1.12 bits per heavy atom. The minimum Gasteiger partial charge on any atom is -0.488 e. The van der Waals surface area contributed by atoms with E-state index >= 15 is 0 Å². The molecule has 0 saturated carbocycles. The number of para-hydroxylation sites is 1. The molecule has 2 aromatic rings. The number of hydrogen-bond acceptors (Lipinski definition) is 1. The molecule has 0 heterocycles. The highest BCUT2D eigenvalue weighted by atomic mass is 35.5. The molecule has 0 atom stereocenters. The maximum atomic E-state index is 5.91. The van der Waals surface area contributed by atoms with Crippen LogP contribution < -0.4 is 4.74 Å². The Balaban J connectivity index is 2.09. The van der Waals surface area contributed by atoms with Gasteiger partial charge < -0.3 is 4.74 Å². The normalized spacial score (nSPS) is 9.94. The molecule has 0 N–H and O–H groups in total. The Morgan fingerprint density at radius 3 is 2.71 bits per heavy atom. The summed E-state index contributed by atoms with van der Waals surface area (Å²) in [7, 11) is 0. The van der Waals surface area contributed by atoms with Crippen LogP contribution in [-0.2, 0) is 6.61 Å². The van der Waals surface area contributed by atoms with Gasteiger partial charge in [-0.3, -0.25) is 0 Å². The van der Waals surface area contributed by atoms with Gasteiger partial charge in [0.15, 0.2) is 0 Å². The third-order valence-electron chi connectivity index (χ3n) is 2.42. The minimum atomic E-state index is 0.505. The fourth-order valence-electron chi connectivity index (χ4n) is 1.57. The van der Waals surface area contributed by atoms with Crippen molar-refractivity contribution in [1.82, 2.24) is 0 Å². The summed E-state index contributed by atoms with van der Waals surface area (Å²) in [5, 5.41) is 0.725. The molecule has 86 valence electrons. The predicted octanol–water partition coefficient (Wildman–Crippen LogP) is 4.56. The van der Waals surface area contributed by atoms with Crippen LogP contribution in [0.2, 0.25) is 5.02 Å². The van der Waals surface area contributed by atoms with Crippen molar-refractivity contribution < 1.29 is 4.74 Å². The second-order valence-corrected chi connectivity index (χ2v) is 4.10. The molecule has 0 aliphatic carbocycles. The van der Waals surface area contributed by atoms with E-state index in [1.807, 2.05) is 48.5 Å². The first-order valence-corrected chi connectivity index (χ1v) is 5.76. The van der Waals surface area contributed by atoms with Crippen LogP contribution in [0.3, 0.4) is 0 Å². The van der Waals surface area contributed by atoms with Crippen LogP contribution in [0.4, 0.5) is 0 Å². The lowest BCUT2D eigenvalue weighted by molar-refractivity contribution is 0.305. The van der Waals surface area contributed by atoms with E-state index in [1.165, 1.54) is 0 Å². The van der Waals surface area contributed by atoms with Crippen molar-refractivity contribution >= 4 is 17.7 Å². The molecular weight excluding hydrogens is 232 g/mol. The van der Waals surface area contributed by atoms with E-state index in [9.17, 15) is 0 Å². The van der Waals surface area contributed by atoms with Gasteiger partial charge in [-0.25, -0.2) is 0 Å². The lowest BCUT2D eigenvalue weighted by Crippen LogP contribution is -1.96. The van der Waals surface area contributed by atoms with Gasteiger partial charge in [0.05, 0.1) is 0 Å². The third kappa shape index (κ3) is 3.11. The van der Waals surface area contributed by atoms with Crippen LogP contribution in [0.1, 0.15) is 11.1 Å². The van der Waals surface area contributed by atoms with Crippen molar-refractivity contribution in [3.8, 4) is 5.75 Å². The highest BCUT2D eigenvalue weighted by molar-refractivity contribution is 6.30. The standard InChI is InChI=1S/C15H13ClO/c1-2-13-7-3-4-9-15(13)17-11-12-6-5-8-14(16)10-12/h2-10H,1,11H2. The molecule has 17 heavy (non-hydrogen) atoms. The van der Waals surface area contributed by atoms with E-state index in [-0.39, 0.29) is 0 Å². The van der Waals surface area contributed by atoms with Crippen LogP contribution in [0, 0.1) is 0 Å². The van der Waals surface area contributed by atoms with E-state index in [0.29, 0.717) is 6.61 Å². The second kappa shape index (κ2) is 5.55. The summed E-state index contributed by atoms with van der Waals surface area (Å²) in [6.45, 7) is 4.26. The topological polar surface area (TPSA) is 9.23 Å². The highest BCUT2D eigenvalue weighted by Gasteiger charge is 2.00. The first kappa shape index (κ1) is 11.7. The number of ether oxygens (including phenoxy) is 1. The van der Waals surface area contributed by atoms with E-state index in [0.717, 1.165) is 21.9 Å². The van der Waals surface area contributed by atoms with Gasteiger partial charge in [0.2, 0.25) is 0 Å². The Labute approximate surface area is 106 Å². The number of benzene rings is 2. The smallest absolute Gasteiger partial charge is 0.127 e. The van der Waals surface area contributed by atoms with Crippen LogP contribution >= 0.6 is 11.6 Å². The summed E-state index contributed by atoms with van der Waals surface area (Å²) >= 11 is 5.91. The Morgan fingerprint density at radius 2 is 1.94 bits per heavy atom. The molecule has 1 nitrogen and oxygen atoms in total. The van der Waals surface area contributed by atoms with Crippen molar-refractivity contribution in [3.05, 3.63) is 71.3 Å². The highest BCUT2D eigenvalue weighted by Crippen LogP contribution is 2.20. The Kier molecular flexibility index (Phi) is 3.84. The molecule has 2 rings (SSSR count). The monoisotopic (exact) mass is 244 g/mol. The van der Waals surface area contributed by atoms with Gasteiger partial charge in [-0.1, -0.05) is 54.6 Å². The Hall–Kier alpha value is -1.73. The molecule has 0 radical (unpaired) electrons. The molecule has 0 saturated heterocycles. The summed E-state index contributed by atoms with van der Waals surface area (Å²) < 4.78 is 5.74. The van der Waals surface area contributed by atoms with E-state index in [2.05, 4.69) is 6.58 Å². The summed E-state index contributed by atoms with van der Waals surface area (Å²) in [6, 6.07) is 15.5. The molecule has 0 aliphatic heterocycles. The molecule has 2 aromatic carbocycles. The van der Waals surface area contributed by atoms with Gasteiger partial charge in [0, 0.05) is 10.6 Å². The number of rotatable bonds is 4. The Bertz CT molecular complexity index is 520. The quantitative estimate of drug-likeness (QED) is 0.766. The molecule has 0 bridgehead atoms. The zero-order chi connectivity index (χ0) is 12.1. The van der Waals surface area contributed by atoms with E-state index < -0.39 is 0 Å². The number of hydrogen-bond donors (Lipinski definition) is 0. The first-order valence-electron chi connectivity index (χ1n) is 5.38. The van der Waals surface area contributed by atoms with E-state index in [4.69, 9.17) is 16.3 Å². The zero-order valence-electron chi connectivity index (χ0n) is 9.40. The second-order valence-electron chi connectivity index (χ2n) is 3.66. The maximum absolute atomic E-state index is 5.91. The molecule has 0 aromatic heterocycles. The van der Waals surface area contributed by atoms with Gasteiger partial charge in [-0.05, 0) is 23.8 Å². The summed E-state index contributed by atoms with van der Waals surface area (Å²) in [5.74, 6) is 0.836. The van der Waals surface area contributed by atoms with Crippen LogP contribution in [0.25, 0.3) is 6.08 Å². The van der Waals surface area contributed by atoms with Crippen molar-refractivity contribution in [1.29, 1.82) is 0 Å². The van der Waals surface area contributed by atoms with Crippen molar-refractivity contribution in [3.63, 3.8) is 0 Å². The van der Waals surface area contributed by atoms with Crippen molar-refractivity contribution in [2.24, 2.45) is 0 Å². The fourth-order valence-corrected chi connectivity index (χ4v) is 1.78. The molecular formula is C15H13ClO. The zero-order valence-corrected chi connectivity index (χ0v) is 10.2. The fraction of sp³-hybridized carbons (Fsp3) is 0.0667. The SMILES string of the molecule is C=Cc1ccccc1OCc1cccc(Cl)c1. The summed E-state index contributed by atoms with van der Waals surface area (Å²) in [6.07, 6.45) is 1.79. The lowest BCUT2D eigenvalue weighted by atomic mass is 10.2. The average molecular weight is 245 g/mol. The summed E-state index contributed by atoms with van der Waals surface area (Å²) in [5.41, 5.74) is 2.05. The van der Waals surface area contributed by atoms with E-state index in [1.54, 1.807) is 6.08 Å². The lowest BCUT2D eigenvalue weighted by Gasteiger charge is -2.09. The minimum absolute atomic E-state index is 0.505. The molecule has 0 fully saturated rings. The third-order valence-corrected chi connectivity index (χ3v) is 2.66. The molecule has 0 aliphatic rings. The largest absolute Gasteiger partial charge is 0.488 e. The molecule has 0 unspecified atom stereocenters. The van der Waals surface area contributed by atoms with Crippen molar-refractivity contribution in [2.45, 2.75) is 6.61 Å². The molecule has 0 amide bonds. The van der Waals surface area contributed by atoms with Crippen LogP contribution in [0.5, 0.6) is 5.75 Å². The van der Waals surface area contributed by atoms with Crippen LogP contribution in [-0.4, -0.2) is 0 Å².